The lowest BCUT2D eigenvalue weighted by Crippen LogP contribution is -2.30. The Bertz CT molecular complexity index is 569. The van der Waals surface area contributed by atoms with Crippen LogP contribution in [0.2, 0.25) is 0 Å². The Kier molecular flexibility index (Phi) is 6.68. The van der Waals surface area contributed by atoms with Gasteiger partial charge in [0.15, 0.2) is 0 Å². The molecule has 6 heteroatoms. The van der Waals surface area contributed by atoms with Gasteiger partial charge in [0.05, 0.1) is 12.4 Å². The average Bonchev–Trinajstić information content (AvgIpc) is 2.43. The van der Waals surface area contributed by atoms with Crippen molar-refractivity contribution in [3.05, 3.63) is 35.4 Å². The molecular formula is C14H19NO4S. The van der Waals surface area contributed by atoms with Crippen molar-refractivity contribution in [2.75, 3.05) is 26.1 Å². The van der Waals surface area contributed by atoms with Gasteiger partial charge < -0.3 is 9.84 Å². The minimum Gasteiger partial charge on any atom is -0.384 e. The number of benzene rings is 1. The zero-order valence-corrected chi connectivity index (χ0v) is 12.4. The third kappa shape index (κ3) is 5.72. The fraction of sp³-hybridized carbons (Fsp3) is 0.429. The van der Waals surface area contributed by atoms with Crippen LogP contribution in [0.3, 0.4) is 0 Å². The highest BCUT2D eigenvalue weighted by atomic mass is 32.2. The third-order valence-electron chi connectivity index (χ3n) is 2.63. The largest absolute Gasteiger partial charge is 0.384 e. The molecule has 0 bridgehead atoms. The summed E-state index contributed by atoms with van der Waals surface area (Å²) in [6, 6.07) is 6.88. The first-order valence-electron chi connectivity index (χ1n) is 6.17. The van der Waals surface area contributed by atoms with Gasteiger partial charge in [-0.05, 0) is 24.6 Å². The summed E-state index contributed by atoms with van der Waals surface area (Å²) in [5.41, 5.74) is 1.62. The van der Waals surface area contributed by atoms with E-state index in [1.807, 2.05) is 12.1 Å². The first-order valence-corrected chi connectivity index (χ1v) is 7.82. The molecule has 0 aliphatic rings. The van der Waals surface area contributed by atoms with E-state index in [1.54, 1.807) is 19.1 Å². The SMILES string of the molecule is COCCS(=O)(=O)NC(C)c1ccc(C#CCO)cc1. The molecule has 20 heavy (non-hydrogen) atoms. The number of methoxy groups -OCH3 is 1. The number of ether oxygens (including phenoxy) is 1. The van der Waals surface area contributed by atoms with Crippen LogP contribution in [0, 0.1) is 11.8 Å². The van der Waals surface area contributed by atoms with Gasteiger partial charge in [0.25, 0.3) is 0 Å². The lowest BCUT2D eigenvalue weighted by molar-refractivity contribution is 0.216. The van der Waals surface area contributed by atoms with Gasteiger partial charge in [-0.3, -0.25) is 0 Å². The smallest absolute Gasteiger partial charge is 0.214 e. The summed E-state index contributed by atoms with van der Waals surface area (Å²) >= 11 is 0. The highest BCUT2D eigenvalue weighted by Crippen LogP contribution is 2.14. The molecule has 5 nitrogen and oxygen atoms in total. The maximum absolute atomic E-state index is 11.7. The summed E-state index contributed by atoms with van der Waals surface area (Å²) in [6.45, 7) is 1.76. The summed E-state index contributed by atoms with van der Waals surface area (Å²) in [6.07, 6.45) is 0. The predicted octanol–water partition coefficient (Wildman–Crippen LogP) is 0.657. The molecule has 0 amide bonds. The Balaban J connectivity index is 2.70. The number of rotatable bonds is 6. The van der Waals surface area contributed by atoms with Gasteiger partial charge in [-0.2, -0.15) is 0 Å². The zero-order chi connectivity index (χ0) is 15.0. The minimum absolute atomic E-state index is 0.0616. The summed E-state index contributed by atoms with van der Waals surface area (Å²) in [7, 11) is -1.89. The second kappa shape index (κ2) is 8.02. The van der Waals surface area contributed by atoms with E-state index >= 15 is 0 Å². The molecule has 1 aromatic carbocycles. The van der Waals surface area contributed by atoms with Gasteiger partial charge in [-0.15, -0.1) is 0 Å². The van der Waals surface area contributed by atoms with E-state index in [2.05, 4.69) is 16.6 Å². The molecule has 1 unspecified atom stereocenters. The molecule has 0 saturated carbocycles. The molecule has 2 N–H and O–H groups in total. The molecule has 1 aromatic rings. The van der Waals surface area contributed by atoms with Crippen molar-refractivity contribution in [3.8, 4) is 11.8 Å². The highest BCUT2D eigenvalue weighted by molar-refractivity contribution is 7.89. The molecule has 0 fully saturated rings. The Hall–Kier alpha value is -1.39. The summed E-state index contributed by atoms with van der Waals surface area (Å²) in [5, 5.41) is 8.61. The van der Waals surface area contributed by atoms with Crippen LogP contribution in [0.1, 0.15) is 24.1 Å². The molecule has 0 spiro atoms. The maximum Gasteiger partial charge on any atom is 0.214 e. The molecule has 0 heterocycles. The van der Waals surface area contributed by atoms with Crippen LogP contribution in [-0.4, -0.2) is 39.6 Å². The maximum atomic E-state index is 11.7. The lowest BCUT2D eigenvalue weighted by Gasteiger charge is -2.14. The normalized spacial score (nSPS) is 12.6. The van der Waals surface area contributed by atoms with Gasteiger partial charge in [0.1, 0.15) is 6.61 Å². The number of aliphatic hydroxyl groups excluding tert-OH is 1. The molecular weight excluding hydrogens is 278 g/mol. The van der Waals surface area contributed by atoms with Gasteiger partial charge in [0, 0.05) is 18.7 Å². The number of hydrogen-bond acceptors (Lipinski definition) is 4. The summed E-state index contributed by atoms with van der Waals surface area (Å²) < 4.78 is 30.8. The predicted molar refractivity (Wildman–Crippen MR) is 77.6 cm³/mol. The monoisotopic (exact) mass is 297 g/mol. The van der Waals surface area contributed by atoms with Crippen molar-refractivity contribution in [3.63, 3.8) is 0 Å². The van der Waals surface area contributed by atoms with Gasteiger partial charge in [-0.25, -0.2) is 13.1 Å². The Morgan fingerprint density at radius 3 is 2.55 bits per heavy atom. The first-order chi connectivity index (χ1) is 9.48. The van der Waals surface area contributed by atoms with E-state index in [0.717, 1.165) is 11.1 Å². The van der Waals surface area contributed by atoms with Crippen LogP contribution >= 0.6 is 0 Å². The van der Waals surface area contributed by atoms with E-state index in [4.69, 9.17) is 9.84 Å². The van der Waals surface area contributed by atoms with Crippen molar-refractivity contribution < 1.29 is 18.3 Å². The standard InChI is InChI=1S/C14H19NO4S/c1-12(15-20(17,18)11-10-19-2)14-7-5-13(6-8-14)4-3-9-16/h5-8,12,15-16H,9-11H2,1-2H3. The molecule has 0 aliphatic carbocycles. The topological polar surface area (TPSA) is 75.6 Å². The van der Waals surface area contributed by atoms with Crippen molar-refractivity contribution in [1.29, 1.82) is 0 Å². The van der Waals surface area contributed by atoms with E-state index in [-0.39, 0.29) is 25.0 Å². The molecule has 110 valence electrons. The van der Waals surface area contributed by atoms with Gasteiger partial charge in [0.2, 0.25) is 10.0 Å². The van der Waals surface area contributed by atoms with Crippen LogP contribution in [-0.2, 0) is 14.8 Å². The van der Waals surface area contributed by atoms with Crippen molar-refractivity contribution in [2.45, 2.75) is 13.0 Å². The average molecular weight is 297 g/mol. The van der Waals surface area contributed by atoms with Crippen LogP contribution in [0.25, 0.3) is 0 Å². The quantitative estimate of drug-likeness (QED) is 0.756. The van der Waals surface area contributed by atoms with Crippen LogP contribution in [0.5, 0.6) is 0 Å². The zero-order valence-electron chi connectivity index (χ0n) is 11.6. The van der Waals surface area contributed by atoms with Crippen molar-refractivity contribution in [2.24, 2.45) is 0 Å². The van der Waals surface area contributed by atoms with E-state index in [9.17, 15) is 8.42 Å². The molecule has 0 aliphatic heterocycles. The molecule has 0 aromatic heterocycles. The number of aliphatic hydroxyl groups is 1. The van der Waals surface area contributed by atoms with Gasteiger partial charge in [-0.1, -0.05) is 24.0 Å². The first kappa shape index (κ1) is 16.7. The second-order valence-corrected chi connectivity index (χ2v) is 6.11. The Morgan fingerprint density at radius 2 is 2.00 bits per heavy atom. The second-order valence-electron chi connectivity index (χ2n) is 4.23. The molecule has 1 atom stereocenters. The number of sulfonamides is 1. The fourth-order valence-corrected chi connectivity index (χ4v) is 2.76. The van der Waals surface area contributed by atoms with Crippen molar-refractivity contribution in [1.82, 2.24) is 4.72 Å². The Labute approximate surface area is 120 Å². The number of hydrogen-bond donors (Lipinski definition) is 2. The summed E-state index contributed by atoms with van der Waals surface area (Å²) in [4.78, 5) is 0. The van der Waals surface area contributed by atoms with Crippen LogP contribution < -0.4 is 4.72 Å². The highest BCUT2D eigenvalue weighted by Gasteiger charge is 2.15. The van der Waals surface area contributed by atoms with Gasteiger partial charge >= 0.3 is 0 Å². The molecule has 1 rings (SSSR count). The van der Waals surface area contributed by atoms with E-state index in [1.165, 1.54) is 7.11 Å². The minimum atomic E-state index is -3.35. The van der Waals surface area contributed by atoms with Crippen LogP contribution in [0.4, 0.5) is 0 Å². The molecule has 0 saturated heterocycles. The lowest BCUT2D eigenvalue weighted by atomic mass is 10.1. The van der Waals surface area contributed by atoms with Crippen molar-refractivity contribution >= 4 is 10.0 Å². The summed E-state index contributed by atoms with van der Waals surface area (Å²) in [5.74, 6) is 5.27. The van der Waals surface area contributed by atoms with E-state index in [0.29, 0.717) is 0 Å². The number of nitrogens with one attached hydrogen (secondary N) is 1. The Morgan fingerprint density at radius 1 is 1.35 bits per heavy atom. The van der Waals surface area contributed by atoms with Crippen LogP contribution in [0.15, 0.2) is 24.3 Å². The van der Waals surface area contributed by atoms with E-state index < -0.39 is 10.0 Å². The third-order valence-corrected chi connectivity index (χ3v) is 4.05. The fourth-order valence-electron chi connectivity index (χ4n) is 1.59. The molecule has 0 radical (unpaired) electrons.